The van der Waals surface area contributed by atoms with Gasteiger partial charge in [0.1, 0.15) is 5.82 Å². The van der Waals surface area contributed by atoms with E-state index in [9.17, 15) is 4.79 Å². The van der Waals surface area contributed by atoms with Gasteiger partial charge in [0.2, 0.25) is 5.91 Å². The number of amides is 1. The molecule has 0 saturated heterocycles. The zero-order valence-electron chi connectivity index (χ0n) is 9.09. The number of pyridine rings is 1. The molecule has 0 aliphatic rings. The minimum atomic E-state index is -0.0812. The van der Waals surface area contributed by atoms with Crippen LogP contribution in [0.2, 0.25) is 0 Å². The Morgan fingerprint density at radius 1 is 1.62 bits per heavy atom. The molecule has 16 heavy (non-hydrogen) atoms. The maximum absolute atomic E-state index is 11.3. The molecule has 0 atom stereocenters. The van der Waals surface area contributed by atoms with Crippen molar-refractivity contribution in [3.63, 3.8) is 0 Å². The highest BCUT2D eigenvalue weighted by molar-refractivity contribution is 9.10. The number of rotatable bonds is 5. The van der Waals surface area contributed by atoms with Gasteiger partial charge in [0.25, 0.3) is 0 Å². The molecule has 5 heteroatoms. The average Bonchev–Trinajstić information content (AvgIpc) is 2.28. The van der Waals surface area contributed by atoms with Crippen molar-refractivity contribution in [2.24, 2.45) is 0 Å². The molecule has 0 aromatic carbocycles. The fraction of sp³-hybridized carbons (Fsp3) is 0.273. The normalized spacial score (nSPS) is 9.62. The standard InChI is InChI=1S/C11H14BrN3O/c1-3-6-13-11(16)7-14-10-5-4-9(12)8(2)15-10/h3-5H,1,6-7H2,2H3,(H,13,16)(H,14,15). The van der Waals surface area contributed by atoms with E-state index in [0.29, 0.717) is 12.4 Å². The molecule has 1 aromatic rings. The van der Waals surface area contributed by atoms with Gasteiger partial charge in [-0.3, -0.25) is 4.79 Å². The van der Waals surface area contributed by atoms with Crippen molar-refractivity contribution in [3.05, 3.63) is 35.0 Å². The predicted octanol–water partition coefficient (Wildman–Crippen LogP) is 1.87. The number of halogens is 1. The highest BCUT2D eigenvalue weighted by Gasteiger charge is 2.01. The van der Waals surface area contributed by atoms with E-state index in [2.05, 4.69) is 38.1 Å². The Labute approximate surface area is 103 Å². The summed E-state index contributed by atoms with van der Waals surface area (Å²) in [5, 5.41) is 5.62. The van der Waals surface area contributed by atoms with Gasteiger partial charge in [-0.1, -0.05) is 6.08 Å². The Balaban J connectivity index is 2.45. The van der Waals surface area contributed by atoms with Crippen LogP contribution in [0.4, 0.5) is 5.82 Å². The second kappa shape index (κ2) is 6.27. The summed E-state index contributed by atoms with van der Waals surface area (Å²) in [5.74, 6) is 0.608. The second-order valence-electron chi connectivity index (χ2n) is 3.21. The van der Waals surface area contributed by atoms with Crippen LogP contribution in [0.25, 0.3) is 0 Å². The topological polar surface area (TPSA) is 54.0 Å². The number of nitrogens with zero attached hydrogens (tertiary/aromatic N) is 1. The first-order valence-corrected chi connectivity index (χ1v) is 5.67. The lowest BCUT2D eigenvalue weighted by atomic mass is 10.3. The number of hydrogen-bond acceptors (Lipinski definition) is 3. The molecule has 0 unspecified atom stereocenters. The van der Waals surface area contributed by atoms with E-state index >= 15 is 0 Å². The van der Waals surface area contributed by atoms with E-state index in [1.54, 1.807) is 6.08 Å². The third kappa shape index (κ3) is 4.02. The van der Waals surface area contributed by atoms with Crippen LogP contribution in [0.15, 0.2) is 29.3 Å². The lowest BCUT2D eigenvalue weighted by molar-refractivity contribution is -0.119. The SMILES string of the molecule is C=CCNC(=O)CNc1ccc(Br)c(C)n1. The van der Waals surface area contributed by atoms with Crippen LogP contribution >= 0.6 is 15.9 Å². The Morgan fingerprint density at radius 2 is 2.38 bits per heavy atom. The Bertz CT molecular complexity index is 393. The minimum absolute atomic E-state index is 0.0812. The quantitative estimate of drug-likeness (QED) is 0.812. The molecule has 0 aliphatic heterocycles. The summed E-state index contributed by atoms with van der Waals surface area (Å²) in [4.78, 5) is 15.5. The maximum Gasteiger partial charge on any atom is 0.239 e. The molecular formula is C11H14BrN3O. The number of carbonyl (C=O) groups is 1. The van der Waals surface area contributed by atoms with Gasteiger partial charge in [-0.05, 0) is 35.0 Å². The van der Waals surface area contributed by atoms with E-state index in [0.717, 1.165) is 10.2 Å². The van der Waals surface area contributed by atoms with E-state index in [1.807, 2.05) is 19.1 Å². The molecule has 1 heterocycles. The van der Waals surface area contributed by atoms with Gasteiger partial charge in [-0.2, -0.15) is 0 Å². The first-order valence-electron chi connectivity index (χ1n) is 4.88. The van der Waals surface area contributed by atoms with E-state index in [1.165, 1.54) is 0 Å². The second-order valence-corrected chi connectivity index (χ2v) is 4.06. The first-order chi connectivity index (χ1) is 7.63. The summed E-state index contributed by atoms with van der Waals surface area (Å²) in [6, 6.07) is 3.71. The maximum atomic E-state index is 11.3. The third-order valence-corrected chi connectivity index (χ3v) is 2.73. The van der Waals surface area contributed by atoms with Crippen molar-refractivity contribution in [2.75, 3.05) is 18.4 Å². The fourth-order valence-electron chi connectivity index (χ4n) is 1.06. The molecular weight excluding hydrogens is 270 g/mol. The van der Waals surface area contributed by atoms with Crippen molar-refractivity contribution < 1.29 is 4.79 Å². The average molecular weight is 284 g/mol. The van der Waals surface area contributed by atoms with Gasteiger partial charge in [0.05, 0.1) is 12.2 Å². The summed E-state index contributed by atoms with van der Waals surface area (Å²) in [5.41, 5.74) is 0.886. The highest BCUT2D eigenvalue weighted by atomic mass is 79.9. The molecule has 0 fully saturated rings. The Hall–Kier alpha value is -1.36. The lowest BCUT2D eigenvalue weighted by Gasteiger charge is -2.07. The fourth-order valence-corrected chi connectivity index (χ4v) is 1.28. The van der Waals surface area contributed by atoms with Gasteiger partial charge in [0.15, 0.2) is 0 Å². The Kier molecular flexibility index (Phi) is 4.98. The van der Waals surface area contributed by atoms with Gasteiger partial charge >= 0.3 is 0 Å². The van der Waals surface area contributed by atoms with Crippen molar-refractivity contribution >= 4 is 27.7 Å². The third-order valence-electron chi connectivity index (χ3n) is 1.89. The van der Waals surface area contributed by atoms with Gasteiger partial charge in [0, 0.05) is 11.0 Å². The van der Waals surface area contributed by atoms with Crippen LogP contribution in [-0.2, 0) is 4.79 Å². The summed E-state index contributed by atoms with van der Waals surface area (Å²) >= 11 is 3.36. The minimum Gasteiger partial charge on any atom is -0.361 e. The molecule has 1 rings (SSSR count). The summed E-state index contributed by atoms with van der Waals surface area (Å²) < 4.78 is 0.953. The highest BCUT2D eigenvalue weighted by Crippen LogP contribution is 2.15. The van der Waals surface area contributed by atoms with Crippen LogP contribution in [-0.4, -0.2) is 24.0 Å². The van der Waals surface area contributed by atoms with E-state index in [-0.39, 0.29) is 12.5 Å². The number of anilines is 1. The number of aromatic nitrogens is 1. The molecule has 0 spiro atoms. The first kappa shape index (κ1) is 12.7. The number of carbonyl (C=O) groups excluding carboxylic acids is 1. The Morgan fingerprint density at radius 3 is 3.00 bits per heavy atom. The molecule has 1 aromatic heterocycles. The van der Waals surface area contributed by atoms with Gasteiger partial charge < -0.3 is 10.6 Å². The van der Waals surface area contributed by atoms with Crippen molar-refractivity contribution in [1.29, 1.82) is 0 Å². The van der Waals surface area contributed by atoms with Gasteiger partial charge in [-0.25, -0.2) is 4.98 Å². The molecule has 4 nitrogen and oxygen atoms in total. The molecule has 0 aliphatic carbocycles. The molecule has 0 bridgehead atoms. The molecule has 86 valence electrons. The largest absolute Gasteiger partial charge is 0.361 e. The van der Waals surface area contributed by atoms with Crippen LogP contribution in [0.3, 0.4) is 0 Å². The van der Waals surface area contributed by atoms with E-state index in [4.69, 9.17) is 0 Å². The van der Waals surface area contributed by atoms with Crippen LogP contribution in [0.1, 0.15) is 5.69 Å². The molecule has 1 amide bonds. The van der Waals surface area contributed by atoms with Gasteiger partial charge in [-0.15, -0.1) is 6.58 Å². The van der Waals surface area contributed by atoms with Crippen LogP contribution < -0.4 is 10.6 Å². The van der Waals surface area contributed by atoms with E-state index < -0.39 is 0 Å². The van der Waals surface area contributed by atoms with Crippen molar-refractivity contribution in [1.82, 2.24) is 10.3 Å². The zero-order chi connectivity index (χ0) is 12.0. The lowest BCUT2D eigenvalue weighted by Crippen LogP contribution is -2.30. The molecule has 0 saturated carbocycles. The van der Waals surface area contributed by atoms with Crippen molar-refractivity contribution in [3.8, 4) is 0 Å². The van der Waals surface area contributed by atoms with Crippen LogP contribution in [0.5, 0.6) is 0 Å². The molecule has 0 radical (unpaired) electrons. The zero-order valence-corrected chi connectivity index (χ0v) is 10.7. The summed E-state index contributed by atoms with van der Waals surface area (Å²) in [6.45, 7) is 6.11. The number of nitrogens with one attached hydrogen (secondary N) is 2. The van der Waals surface area contributed by atoms with Crippen molar-refractivity contribution in [2.45, 2.75) is 6.92 Å². The monoisotopic (exact) mass is 283 g/mol. The number of aryl methyl sites for hydroxylation is 1. The summed E-state index contributed by atoms with van der Waals surface area (Å²) in [7, 11) is 0. The summed E-state index contributed by atoms with van der Waals surface area (Å²) in [6.07, 6.45) is 1.64. The molecule has 2 N–H and O–H groups in total. The van der Waals surface area contributed by atoms with Crippen LogP contribution in [0, 0.1) is 6.92 Å². The predicted molar refractivity (Wildman–Crippen MR) is 68.4 cm³/mol. The smallest absolute Gasteiger partial charge is 0.239 e. The number of hydrogen-bond donors (Lipinski definition) is 2.